The lowest BCUT2D eigenvalue weighted by Gasteiger charge is -2.26. The summed E-state index contributed by atoms with van der Waals surface area (Å²) < 4.78 is 1.13. The Morgan fingerprint density at radius 3 is 2.69 bits per heavy atom. The molecule has 1 aromatic carbocycles. The molecule has 3 heteroatoms. The van der Waals surface area contributed by atoms with Crippen molar-refractivity contribution in [2.24, 2.45) is 5.73 Å². The van der Waals surface area contributed by atoms with Gasteiger partial charge in [-0.2, -0.15) is 0 Å². The SMILES string of the molecule is Cc1ccc(Br)cc1CNC(C)(C)CCN. The second-order valence-corrected chi connectivity index (χ2v) is 5.76. The smallest absolute Gasteiger partial charge is 0.0213 e. The van der Waals surface area contributed by atoms with Gasteiger partial charge in [0, 0.05) is 16.6 Å². The van der Waals surface area contributed by atoms with Crippen molar-refractivity contribution >= 4 is 15.9 Å². The quantitative estimate of drug-likeness (QED) is 0.873. The van der Waals surface area contributed by atoms with Gasteiger partial charge in [-0.25, -0.2) is 0 Å². The average molecular weight is 285 g/mol. The molecular formula is C13H21BrN2. The predicted octanol–water partition coefficient (Wildman–Crippen LogP) is 2.97. The van der Waals surface area contributed by atoms with E-state index in [0.717, 1.165) is 24.0 Å². The van der Waals surface area contributed by atoms with Gasteiger partial charge in [0.2, 0.25) is 0 Å². The number of nitrogens with one attached hydrogen (secondary N) is 1. The first-order chi connectivity index (χ1) is 7.44. The maximum atomic E-state index is 5.59. The van der Waals surface area contributed by atoms with Crippen LogP contribution in [0.1, 0.15) is 31.4 Å². The Morgan fingerprint density at radius 1 is 1.38 bits per heavy atom. The normalized spacial score (nSPS) is 11.8. The highest BCUT2D eigenvalue weighted by atomic mass is 79.9. The van der Waals surface area contributed by atoms with E-state index in [4.69, 9.17) is 5.73 Å². The molecule has 0 saturated heterocycles. The van der Waals surface area contributed by atoms with Crippen LogP contribution in [0.15, 0.2) is 22.7 Å². The number of aryl methyl sites for hydroxylation is 1. The second kappa shape index (κ2) is 5.80. The molecule has 90 valence electrons. The van der Waals surface area contributed by atoms with Crippen molar-refractivity contribution in [3.63, 3.8) is 0 Å². The third kappa shape index (κ3) is 4.24. The number of rotatable bonds is 5. The average Bonchev–Trinajstić information content (AvgIpc) is 2.19. The van der Waals surface area contributed by atoms with Crippen LogP contribution in [0.2, 0.25) is 0 Å². The van der Waals surface area contributed by atoms with Crippen LogP contribution in [-0.4, -0.2) is 12.1 Å². The number of benzene rings is 1. The van der Waals surface area contributed by atoms with Gasteiger partial charge in [-0.05, 0) is 57.0 Å². The molecule has 2 nitrogen and oxygen atoms in total. The summed E-state index contributed by atoms with van der Waals surface area (Å²) in [6, 6.07) is 6.38. The minimum atomic E-state index is 0.101. The summed E-state index contributed by atoms with van der Waals surface area (Å²) >= 11 is 3.50. The van der Waals surface area contributed by atoms with E-state index in [9.17, 15) is 0 Å². The van der Waals surface area contributed by atoms with Gasteiger partial charge < -0.3 is 11.1 Å². The van der Waals surface area contributed by atoms with Crippen molar-refractivity contribution < 1.29 is 0 Å². The standard InChI is InChI=1S/C13H21BrN2/c1-10-4-5-12(14)8-11(10)9-16-13(2,3)6-7-15/h4-5,8,16H,6-7,9,15H2,1-3H3. The lowest BCUT2D eigenvalue weighted by molar-refractivity contribution is 0.365. The molecule has 0 aliphatic carbocycles. The fourth-order valence-electron chi connectivity index (χ4n) is 1.61. The highest BCUT2D eigenvalue weighted by molar-refractivity contribution is 9.10. The van der Waals surface area contributed by atoms with Crippen LogP contribution in [0.4, 0.5) is 0 Å². The van der Waals surface area contributed by atoms with E-state index in [2.05, 4.69) is 60.2 Å². The summed E-state index contributed by atoms with van der Waals surface area (Å²) in [5.74, 6) is 0. The Morgan fingerprint density at radius 2 is 2.06 bits per heavy atom. The van der Waals surface area contributed by atoms with Crippen LogP contribution in [0.3, 0.4) is 0 Å². The second-order valence-electron chi connectivity index (χ2n) is 4.85. The molecule has 0 radical (unpaired) electrons. The monoisotopic (exact) mass is 284 g/mol. The summed E-state index contributed by atoms with van der Waals surface area (Å²) in [5, 5.41) is 3.54. The Kier molecular flexibility index (Phi) is 4.96. The zero-order valence-electron chi connectivity index (χ0n) is 10.3. The summed E-state index contributed by atoms with van der Waals surface area (Å²) in [6.45, 7) is 8.12. The van der Waals surface area contributed by atoms with E-state index in [1.54, 1.807) is 0 Å². The molecule has 0 bridgehead atoms. The zero-order valence-corrected chi connectivity index (χ0v) is 11.9. The van der Waals surface area contributed by atoms with Gasteiger partial charge in [0.1, 0.15) is 0 Å². The van der Waals surface area contributed by atoms with E-state index in [-0.39, 0.29) is 5.54 Å². The molecule has 16 heavy (non-hydrogen) atoms. The highest BCUT2D eigenvalue weighted by Crippen LogP contribution is 2.17. The van der Waals surface area contributed by atoms with Crippen molar-refractivity contribution in [2.75, 3.05) is 6.54 Å². The Bertz CT molecular complexity index is 348. The van der Waals surface area contributed by atoms with Gasteiger partial charge in [-0.15, -0.1) is 0 Å². The molecule has 0 aromatic heterocycles. The summed E-state index contributed by atoms with van der Waals surface area (Å²) in [4.78, 5) is 0. The number of hydrogen-bond acceptors (Lipinski definition) is 2. The molecule has 0 aliphatic rings. The molecule has 3 N–H and O–H groups in total. The third-order valence-electron chi connectivity index (χ3n) is 2.84. The van der Waals surface area contributed by atoms with Crippen LogP contribution in [0, 0.1) is 6.92 Å². The Hall–Kier alpha value is -0.380. The molecular weight excluding hydrogens is 264 g/mol. The predicted molar refractivity (Wildman–Crippen MR) is 73.5 cm³/mol. The minimum Gasteiger partial charge on any atom is -0.330 e. The summed E-state index contributed by atoms with van der Waals surface area (Å²) in [5.41, 5.74) is 8.34. The highest BCUT2D eigenvalue weighted by Gasteiger charge is 2.15. The van der Waals surface area contributed by atoms with Crippen molar-refractivity contribution in [3.8, 4) is 0 Å². The van der Waals surface area contributed by atoms with Gasteiger partial charge in [-0.3, -0.25) is 0 Å². The number of halogens is 1. The number of nitrogens with two attached hydrogens (primary N) is 1. The van der Waals surface area contributed by atoms with E-state index >= 15 is 0 Å². The van der Waals surface area contributed by atoms with E-state index in [1.165, 1.54) is 11.1 Å². The fourth-order valence-corrected chi connectivity index (χ4v) is 2.02. The van der Waals surface area contributed by atoms with Crippen molar-refractivity contribution in [1.29, 1.82) is 0 Å². The summed E-state index contributed by atoms with van der Waals surface area (Å²) in [6.07, 6.45) is 0.986. The molecule has 0 heterocycles. The van der Waals surface area contributed by atoms with Gasteiger partial charge in [-0.1, -0.05) is 22.0 Å². The van der Waals surface area contributed by atoms with Crippen LogP contribution >= 0.6 is 15.9 Å². The van der Waals surface area contributed by atoms with Crippen molar-refractivity contribution in [2.45, 2.75) is 39.3 Å². The molecule has 0 saturated carbocycles. The first-order valence-corrected chi connectivity index (χ1v) is 6.44. The van der Waals surface area contributed by atoms with Gasteiger partial charge >= 0.3 is 0 Å². The Balaban J connectivity index is 2.63. The van der Waals surface area contributed by atoms with Gasteiger partial charge in [0.25, 0.3) is 0 Å². The first kappa shape index (κ1) is 13.7. The van der Waals surface area contributed by atoms with E-state index < -0.39 is 0 Å². The molecule has 0 aliphatic heterocycles. The Labute approximate surface area is 107 Å². The summed E-state index contributed by atoms with van der Waals surface area (Å²) in [7, 11) is 0. The lowest BCUT2D eigenvalue weighted by Crippen LogP contribution is -2.40. The molecule has 1 rings (SSSR count). The van der Waals surface area contributed by atoms with Crippen LogP contribution in [0.5, 0.6) is 0 Å². The zero-order chi connectivity index (χ0) is 12.2. The molecule has 0 unspecified atom stereocenters. The molecule has 0 spiro atoms. The van der Waals surface area contributed by atoms with Crippen LogP contribution < -0.4 is 11.1 Å². The molecule has 0 amide bonds. The molecule has 0 fully saturated rings. The van der Waals surface area contributed by atoms with Gasteiger partial charge in [0.15, 0.2) is 0 Å². The number of hydrogen-bond donors (Lipinski definition) is 2. The third-order valence-corrected chi connectivity index (χ3v) is 3.33. The lowest BCUT2D eigenvalue weighted by atomic mass is 9.99. The van der Waals surface area contributed by atoms with Crippen molar-refractivity contribution in [3.05, 3.63) is 33.8 Å². The topological polar surface area (TPSA) is 38.0 Å². The maximum absolute atomic E-state index is 5.59. The molecule has 1 aromatic rings. The molecule has 0 atom stereocenters. The van der Waals surface area contributed by atoms with Gasteiger partial charge in [0.05, 0.1) is 0 Å². The van der Waals surface area contributed by atoms with Crippen LogP contribution in [0.25, 0.3) is 0 Å². The van der Waals surface area contributed by atoms with Crippen LogP contribution in [-0.2, 0) is 6.54 Å². The minimum absolute atomic E-state index is 0.101. The van der Waals surface area contributed by atoms with E-state index in [0.29, 0.717) is 0 Å². The largest absolute Gasteiger partial charge is 0.330 e. The maximum Gasteiger partial charge on any atom is 0.0213 e. The first-order valence-electron chi connectivity index (χ1n) is 5.65. The van der Waals surface area contributed by atoms with E-state index in [1.807, 2.05) is 0 Å². The fraction of sp³-hybridized carbons (Fsp3) is 0.538. The van der Waals surface area contributed by atoms with Crippen molar-refractivity contribution in [1.82, 2.24) is 5.32 Å².